The standard InChI is InChI=1S/C33H42O3/c1-2-3-4-5-6-7-8-9-19-26-32(34)35-27-28-36-33(29-20-13-10-14-21-29,30-22-15-11-16-23-30)31-24-17-12-18-25-31/h10-18,20-25H,2-9,19,26-28H2,1H3. The fourth-order valence-electron chi connectivity index (χ4n) is 4.77. The minimum atomic E-state index is -0.784. The Morgan fingerprint density at radius 3 is 1.44 bits per heavy atom. The molecule has 3 heteroatoms. The zero-order chi connectivity index (χ0) is 25.3. The first-order valence-electron chi connectivity index (χ1n) is 13.7. The predicted molar refractivity (Wildman–Crippen MR) is 148 cm³/mol. The maximum Gasteiger partial charge on any atom is 0.305 e. The van der Waals surface area contributed by atoms with Gasteiger partial charge in [0.05, 0.1) is 6.61 Å². The van der Waals surface area contributed by atoms with Crippen molar-refractivity contribution in [3.63, 3.8) is 0 Å². The number of unbranched alkanes of at least 4 members (excludes halogenated alkanes) is 8. The first kappa shape index (κ1) is 27.7. The van der Waals surface area contributed by atoms with E-state index >= 15 is 0 Å². The highest BCUT2D eigenvalue weighted by Gasteiger charge is 2.37. The Morgan fingerprint density at radius 1 is 0.583 bits per heavy atom. The normalized spacial score (nSPS) is 11.4. The molecule has 0 fully saturated rings. The lowest BCUT2D eigenvalue weighted by Crippen LogP contribution is -2.34. The van der Waals surface area contributed by atoms with Crippen LogP contribution in [0.3, 0.4) is 0 Å². The van der Waals surface area contributed by atoms with Crippen molar-refractivity contribution in [2.24, 2.45) is 0 Å². The second kappa shape index (κ2) is 16.0. The van der Waals surface area contributed by atoms with Crippen LogP contribution >= 0.6 is 0 Å². The molecule has 0 radical (unpaired) electrons. The summed E-state index contributed by atoms with van der Waals surface area (Å²) in [6.07, 6.45) is 11.6. The van der Waals surface area contributed by atoms with E-state index in [-0.39, 0.29) is 12.6 Å². The fraction of sp³-hybridized carbons (Fsp3) is 0.424. The van der Waals surface area contributed by atoms with Crippen LogP contribution in [0.4, 0.5) is 0 Å². The number of esters is 1. The Kier molecular flexibility index (Phi) is 12.3. The van der Waals surface area contributed by atoms with Crippen molar-refractivity contribution in [2.45, 2.75) is 76.7 Å². The number of carbonyl (C=O) groups is 1. The lowest BCUT2D eigenvalue weighted by atomic mass is 9.80. The summed E-state index contributed by atoms with van der Waals surface area (Å²) >= 11 is 0. The third-order valence-corrected chi connectivity index (χ3v) is 6.69. The van der Waals surface area contributed by atoms with E-state index in [9.17, 15) is 4.79 Å². The van der Waals surface area contributed by atoms with E-state index in [2.05, 4.69) is 43.3 Å². The maximum absolute atomic E-state index is 12.3. The van der Waals surface area contributed by atoms with Gasteiger partial charge >= 0.3 is 5.97 Å². The van der Waals surface area contributed by atoms with Crippen LogP contribution in [0.5, 0.6) is 0 Å². The Balaban J connectivity index is 1.54. The van der Waals surface area contributed by atoms with Crippen LogP contribution < -0.4 is 0 Å². The summed E-state index contributed by atoms with van der Waals surface area (Å²) in [5.74, 6) is -0.133. The summed E-state index contributed by atoms with van der Waals surface area (Å²) in [5.41, 5.74) is 2.35. The molecule has 0 unspecified atom stereocenters. The molecule has 3 aromatic rings. The van der Waals surface area contributed by atoms with Gasteiger partial charge in [0.15, 0.2) is 0 Å². The number of rotatable bonds is 17. The Labute approximate surface area is 217 Å². The minimum Gasteiger partial charge on any atom is -0.463 e. The Bertz CT molecular complexity index is 873. The highest BCUT2D eigenvalue weighted by molar-refractivity contribution is 5.69. The molecule has 0 aliphatic carbocycles. The van der Waals surface area contributed by atoms with Crippen LogP contribution in [0.2, 0.25) is 0 Å². The zero-order valence-corrected chi connectivity index (χ0v) is 21.9. The highest BCUT2D eigenvalue weighted by atomic mass is 16.6. The Hall–Kier alpha value is -2.91. The average Bonchev–Trinajstić information content (AvgIpc) is 2.94. The molecule has 0 atom stereocenters. The molecule has 0 aliphatic rings. The van der Waals surface area contributed by atoms with Gasteiger partial charge in [-0.05, 0) is 23.1 Å². The van der Waals surface area contributed by atoms with Gasteiger partial charge in [-0.1, -0.05) is 149 Å². The van der Waals surface area contributed by atoms with Gasteiger partial charge in [0.1, 0.15) is 12.2 Å². The van der Waals surface area contributed by atoms with Gasteiger partial charge in [0.2, 0.25) is 0 Å². The summed E-state index contributed by atoms with van der Waals surface area (Å²) < 4.78 is 12.2. The molecule has 0 bridgehead atoms. The molecular weight excluding hydrogens is 444 g/mol. The van der Waals surface area contributed by atoms with E-state index in [0.29, 0.717) is 13.0 Å². The summed E-state index contributed by atoms with van der Waals surface area (Å²) in [6.45, 7) is 2.80. The van der Waals surface area contributed by atoms with Gasteiger partial charge in [-0.25, -0.2) is 0 Å². The maximum atomic E-state index is 12.3. The number of hydrogen-bond acceptors (Lipinski definition) is 3. The van der Waals surface area contributed by atoms with E-state index in [1.807, 2.05) is 54.6 Å². The topological polar surface area (TPSA) is 35.5 Å². The monoisotopic (exact) mass is 486 g/mol. The number of hydrogen-bond donors (Lipinski definition) is 0. The molecule has 192 valence electrons. The quantitative estimate of drug-likeness (QED) is 0.109. The van der Waals surface area contributed by atoms with E-state index < -0.39 is 5.60 Å². The SMILES string of the molecule is CCCCCCCCCCCC(=O)OCCOC(c1ccccc1)(c1ccccc1)c1ccccc1. The van der Waals surface area contributed by atoms with Crippen LogP contribution in [0.1, 0.15) is 87.8 Å². The molecule has 3 aromatic carbocycles. The summed E-state index contributed by atoms with van der Waals surface area (Å²) in [4.78, 5) is 12.3. The molecule has 0 N–H and O–H groups in total. The van der Waals surface area contributed by atoms with Crippen LogP contribution in [-0.2, 0) is 19.9 Å². The molecule has 3 rings (SSSR count). The van der Waals surface area contributed by atoms with E-state index in [1.165, 1.54) is 44.9 Å². The first-order chi connectivity index (χ1) is 17.8. The average molecular weight is 487 g/mol. The molecule has 3 nitrogen and oxygen atoms in total. The van der Waals surface area contributed by atoms with Gasteiger partial charge in [-0.2, -0.15) is 0 Å². The summed E-state index contributed by atoms with van der Waals surface area (Å²) in [5, 5.41) is 0. The third kappa shape index (κ3) is 8.34. The molecule has 0 heterocycles. The van der Waals surface area contributed by atoms with E-state index in [1.54, 1.807) is 0 Å². The lowest BCUT2D eigenvalue weighted by molar-refractivity contribution is -0.146. The largest absolute Gasteiger partial charge is 0.463 e. The van der Waals surface area contributed by atoms with Crippen molar-refractivity contribution >= 4 is 5.97 Å². The summed E-state index contributed by atoms with van der Waals surface area (Å²) in [6, 6.07) is 30.8. The predicted octanol–water partition coefficient (Wildman–Crippen LogP) is 8.46. The molecule has 0 saturated carbocycles. The number of ether oxygens (including phenoxy) is 2. The fourth-order valence-corrected chi connectivity index (χ4v) is 4.77. The van der Waals surface area contributed by atoms with Crippen LogP contribution in [0.15, 0.2) is 91.0 Å². The molecule has 0 aromatic heterocycles. The van der Waals surface area contributed by atoms with Gasteiger partial charge in [-0.15, -0.1) is 0 Å². The molecule has 36 heavy (non-hydrogen) atoms. The molecular formula is C33H42O3. The minimum absolute atomic E-state index is 0.133. The second-order valence-electron chi connectivity index (χ2n) is 9.43. The van der Waals surface area contributed by atoms with Crippen LogP contribution in [0, 0.1) is 0 Å². The first-order valence-corrected chi connectivity index (χ1v) is 13.7. The molecule has 0 spiro atoms. The zero-order valence-electron chi connectivity index (χ0n) is 21.9. The van der Waals surface area contributed by atoms with Crippen LogP contribution in [0.25, 0.3) is 0 Å². The molecule has 0 aliphatic heterocycles. The van der Waals surface area contributed by atoms with Crippen molar-refractivity contribution in [3.05, 3.63) is 108 Å². The van der Waals surface area contributed by atoms with Crippen molar-refractivity contribution in [2.75, 3.05) is 13.2 Å². The van der Waals surface area contributed by atoms with E-state index in [0.717, 1.165) is 29.5 Å². The van der Waals surface area contributed by atoms with Crippen molar-refractivity contribution in [1.82, 2.24) is 0 Å². The smallest absolute Gasteiger partial charge is 0.305 e. The van der Waals surface area contributed by atoms with Gasteiger partial charge in [-0.3, -0.25) is 4.79 Å². The van der Waals surface area contributed by atoms with Gasteiger partial charge in [0.25, 0.3) is 0 Å². The third-order valence-electron chi connectivity index (χ3n) is 6.69. The second-order valence-corrected chi connectivity index (χ2v) is 9.43. The highest BCUT2D eigenvalue weighted by Crippen LogP contribution is 2.40. The Morgan fingerprint density at radius 2 is 1.00 bits per heavy atom. The van der Waals surface area contributed by atoms with Crippen molar-refractivity contribution in [3.8, 4) is 0 Å². The summed E-state index contributed by atoms with van der Waals surface area (Å²) in [7, 11) is 0. The lowest BCUT2D eigenvalue weighted by Gasteiger charge is -2.35. The van der Waals surface area contributed by atoms with Gasteiger partial charge < -0.3 is 9.47 Å². The molecule has 0 amide bonds. The molecule has 0 saturated heterocycles. The van der Waals surface area contributed by atoms with Crippen LogP contribution in [-0.4, -0.2) is 19.2 Å². The van der Waals surface area contributed by atoms with Gasteiger partial charge in [0, 0.05) is 6.42 Å². The van der Waals surface area contributed by atoms with Crippen molar-refractivity contribution in [1.29, 1.82) is 0 Å². The number of benzene rings is 3. The number of carbonyl (C=O) groups excluding carboxylic acids is 1. The van der Waals surface area contributed by atoms with E-state index in [4.69, 9.17) is 9.47 Å². The van der Waals surface area contributed by atoms with Crippen molar-refractivity contribution < 1.29 is 14.3 Å².